The van der Waals surface area contributed by atoms with E-state index < -0.39 is 0 Å². The first-order valence-electron chi connectivity index (χ1n) is 5.87. The quantitative estimate of drug-likeness (QED) is 0.683. The number of hydrogen-bond donors (Lipinski definition) is 1. The molecule has 0 radical (unpaired) electrons. The van der Waals surface area contributed by atoms with E-state index in [0.29, 0.717) is 0 Å². The van der Waals surface area contributed by atoms with E-state index in [4.69, 9.17) is 0 Å². The number of allylic oxidation sites excluding steroid dienone is 4. The molecular weight excluding hydrogens is 170 g/mol. The summed E-state index contributed by atoms with van der Waals surface area (Å²) in [5.74, 6) is 0.844. The fourth-order valence-corrected chi connectivity index (χ4v) is 1.96. The molecule has 0 saturated carbocycles. The van der Waals surface area contributed by atoms with Crippen LogP contribution < -0.4 is 5.32 Å². The zero-order valence-electron chi connectivity index (χ0n) is 9.55. The van der Waals surface area contributed by atoms with Gasteiger partial charge in [-0.1, -0.05) is 37.1 Å². The highest BCUT2D eigenvalue weighted by Gasteiger charge is 2.06. The Bertz CT molecular complexity index is 209. The molecule has 14 heavy (non-hydrogen) atoms. The van der Waals surface area contributed by atoms with Gasteiger partial charge in [0, 0.05) is 1.43 Å². The summed E-state index contributed by atoms with van der Waals surface area (Å²) in [7, 11) is 2.04. The van der Waals surface area contributed by atoms with Crippen LogP contribution in [0.25, 0.3) is 0 Å². The molecule has 0 aliphatic heterocycles. The molecule has 0 amide bonds. The van der Waals surface area contributed by atoms with Crippen LogP contribution in [0.1, 0.15) is 40.5 Å². The summed E-state index contributed by atoms with van der Waals surface area (Å²) in [5, 5.41) is 3.27. The van der Waals surface area contributed by atoms with Gasteiger partial charge >= 0.3 is 0 Å². The Balaban J connectivity index is 0.00000196. The first kappa shape index (κ1) is 11.5. The van der Waals surface area contributed by atoms with Gasteiger partial charge in [-0.15, -0.1) is 0 Å². The van der Waals surface area contributed by atoms with E-state index >= 15 is 0 Å². The molecule has 0 spiro atoms. The van der Waals surface area contributed by atoms with Crippen LogP contribution in [0.15, 0.2) is 23.8 Å². The van der Waals surface area contributed by atoms with Gasteiger partial charge in [-0.05, 0) is 45.2 Å². The Kier molecular flexibility index (Phi) is 5.62. The second-order valence-corrected chi connectivity index (χ2v) is 4.13. The summed E-state index contributed by atoms with van der Waals surface area (Å²) in [6, 6.07) is 0. The molecule has 1 aliphatic carbocycles. The third-order valence-electron chi connectivity index (χ3n) is 2.98. The molecule has 0 aromatic rings. The van der Waals surface area contributed by atoms with Crippen LogP contribution in [-0.4, -0.2) is 13.6 Å². The van der Waals surface area contributed by atoms with Crippen LogP contribution in [0, 0.1) is 5.92 Å². The largest absolute Gasteiger partial charge is 0.319 e. The van der Waals surface area contributed by atoms with Crippen molar-refractivity contribution >= 4 is 0 Å². The van der Waals surface area contributed by atoms with Crippen molar-refractivity contribution < 1.29 is 1.43 Å². The predicted molar refractivity (Wildman–Crippen MR) is 65.5 cm³/mol. The maximum absolute atomic E-state index is 3.27. The number of rotatable bonds is 6. The summed E-state index contributed by atoms with van der Waals surface area (Å²) in [6.07, 6.45) is 13.4. The van der Waals surface area contributed by atoms with Crippen LogP contribution in [0.3, 0.4) is 0 Å². The Morgan fingerprint density at radius 3 is 2.93 bits per heavy atom. The first-order valence-corrected chi connectivity index (χ1v) is 5.87. The molecule has 1 nitrogen and oxygen atoms in total. The van der Waals surface area contributed by atoms with Crippen molar-refractivity contribution in [2.75, 3.05) is 13.6 Å². The molecule has 0 bridgehead atoms. The number of nitrogens with one attached hydrogen (secondary N) is 1. The minimum atomic E-state index is 0. The SMILES string of the molecule is CCC(CCC1=CCCC=C1)CNC.[HH]. The van der Waals surface area contributed by atoms with Crippen LogP contribution in [-0.2, 0) is 0 Å². The molecule has 0 aromatic carbocycles. The molecule has 1 N–H and O–H groups in total. The third-order valence-corrected chi connectivity index (χ3v) is 2.98. The molecule has 1 rings (SSSR count). The zero-order chi connectivity index (χ0) is 10.2. The average Bonchev–Trinajstić information content (AvgIpc) is 2.25. The first-order chi connectivity index (χ1) is 6.86. The maximum Gasteiger partial charge on any atom is 0 e. The van der Waals surface area contributed by atoms with Gasteiger partial charge in [0.15, 0.2) is 0 Å². The smallest absolute Gasteiger partial charge is 0 e. The van der Waals surface area contributed by atoms with Gasteiger partial charge < -0.3 is 5.32 Å². The van der Waals surface area contributed by atoms with Crippen LogP contribution in [0.5, 0.6) is 0 Å². The Morgan fingerprint density at radius 1 is 1.50 bits per heavy atom. The van der Waals surface area contributed by atoms with E-state index in [1.807, 2.05) is 7.05 Å². The normalized spacial score (nSPS) is 18.0. The van der Waals surface area contributed by atoms with E-state index in [2.05, 4.69) is 30.5 Å². The molecule has 0 heterocycles. The summed E-state index contributed by atoms with van der Waals surface area (Å²) in [6.45, 7) is 3.45. The summed E-state index contributed by atoms with van der Waals surface area (Å²) >= 11 is 0. The topological polar surface area (TPSA) is 12.0 Å². The second kappa shape index (κ2) is 6.83. The lowest BCUT2D eigenvalue weighted by molar-refractivity contribution is 0.451. The summed E-state index contributed by atoms with van der Waals surface area (Å²) < 4.78 is 0. The zero-order valence-corrected chi connectivity index (χ0v) is 9.55. The van der Waals surface area contributed by atoms with Gasteiger partial charge in [0.25, 0.3) is 0 Å². The van der Waals surface area contributed by atoms with Gasteiger partial charge in [0.1, 0.15) is 0 Å². The molecule has 1 unspecified atom stereocenters. The van der Waals surface area contributed by atoms with Crippen LogP contribution in [0.2, 0.25) is 0 Å². The molecule has 1 heteroatoms. The van der Waals surface area contributed by atoms with E-state index in [0.717, 1.165) is 12.5 Å². The predicted octanol–water partition coefficient (Wildman–Crippen LogP) is 3.53. The van der Waals surface area contributed by atoms with E-state index in [1.165, 1.54) is 32.1 Å². The second-order valence-electron chi connectivity index (χ2n) is 4.13. The highest BCUT2D eigenvalue weighted by molar-refractivity contribution is 5.21. The van der Waals surface area contributed by atoms with Crippen molar-refractivity contribution in [3.63, 3.8) is 0 Å². The Morgan fingerprint density at radius 2 is 2.36 bits per heavy atom. The highest BCUT2D eigenvalue weighted by atomic mass is 14.8. The van der Waals surface area contributed by atoms with Crippen molar-refractivity contribution in [2.45, 2.75) is 39.0 Å². The fourth-order valence-electron chi connectivity index (χ4n) is 1.96. The molecule has 0 saturated heterocycles. The maximum atomic E-state index is 3.27. The Hall–Kier alpha value is -0.560. The molecule has 0 fully saturated rings. The van der Waals surface area contributed by atoms with Gasteiger partial charge in [-0.2, -0.15) is 0 Å². The molecule has 0 aromatic heterocycles. The van der Waals surface area contributed by atoms with Crippen molar-refractivity contribution in [1.29, 1.82) is 0 Å². The van der Waals surface area contributed by atoms with Crippen LogP contribution >= 0.6 is 0 Å². The third kappa shape index (κ3) is 4.10. The van der Waals surface area contributed by atoms with Crippen molar-refractivity contribution in [2.24, 2.45) is 5.92 Å². The molecule has 1 atom stereocenters. The van der Waals surface area contributed by atoms with Gasteiger partial charge in [-0.3, -0.25) is 0 Å². The minimum absolute atomic E-state index is 0. The van der Waals surface area contributed by atoms with E-state index in [-0.39, 0.29) is 1.43 Å². The fraction of sp³-hybridized carbons (Fsp3) is 0.692. The minimum Gasteiger partial charge on any atom is -0.319 e. The van der Waals surface area contributed by atoms with Crippen molar-refractivity contribution in [3.8, 4) is 0 Å². The lowest BCUT2D eigenvalue weighted by atomic mass is 9.95. The molecule has 82 valence electrons. The molecular formula is C13H25N. The van der Waals surface area contributed by atoms with Gasteiger partial charge in [0.2, 0.25) is 0 Å². The van der Waals surface area contributed by atoms with E-state index in [1.54, 1.807) is 5.57 Å². The van der Waals surface area contributed by atoms with Crippen molar-refractivity contribution in [1.82, 2.24) is 5.32 Å². The lowest BCUT2D eigenvalue weighted by Gasteiger charge is -2.15. The lowest BCUT2D eigenvalue weighted by Crippen LogP contribution is -2.18. The van der Waals surface area contributed by atoms with Gasteiger partial charge in [0.05, 0.1) is 0 Å². The van der Waals surface area contributed by atoms with Gasteiger partial charge in [-0.25, -0.2) is 0 Å². The Labute approximate surface area is 89.8 Å². The monoisotopic (exact) mass is 195 g/mol. The van der Waals surface area contributed by atoms with Crippen LogP contribution in [0.4, 0.5) is 0 Å². The van der Waals surface area contributed by atoms with E-state index in [9.17, 15) is 0 Å². The average molecular weight is 195 g/mol. The van der Waals surface area contributed by atoms with Crippen molar-refractivity contribution in [3.05, 3.63) is 23.8 Å². The summed E-state index contributed by atoms with van der Waals surface area (Å²) in [4.78, 5) is 0. The highest BCUT2D eigenvalue weighted by Crippen LogP contribution is 2.19. The molecule has 1 aliphatic rings. The number of hydrogen-bond acceptors (Lipinski definition) is 1. The standard InChI is InChI=1S/C13H23N.H2/c1-3-12(11-14-2)9-10-13-7-5-4-6-8-13;/h5,7-8,12,14H,3-4,6,9-11H2,1-2H3;1H. The summed E-state index contributed by atoms with van der Waals surface area (Å²) in [5.41, 5.74) is 1.55.